The van der Waals surface area contributed by atoms with Crippen LogP contribution in [-0.2, 0) is 19.2 Å². The molecule has 5 rings (SSSR count). The van der Waals surface area contributed by atoms with Crippen molar-refractivity contribution >= 4 is 80.6 Å². The molecule has 304 valence electrons. The number of amides is 4. The summed E-state index contributed by atoms with van der Waals surface area (Å²) in [5.74, 6) is -0.893. The first-order valence-corrected chi connectivity index (χ1v) is 20.8. The van der Waals surface area contributed by atoms with Crippen molar-refractivity contribution in [2.45, 2.75) is 71.3 Å². The molecule has 2 fully saturated rings. The number of oxime groups is 1. The van der Waals surface area contributed by atoms with E-state index in [1.54, 1.807) is 44.4 Å². The molecule has 0 aliphatic carbocycles. The Kier molecular flexibility index (Phi) is 17.8. The number of hydrogen-bond donors (Lipinski definition) is 2. The molecule has 3 heterocycles. The maximum Gasteiger partial charge on any atom is 0.266 e. The Bertz CT molecular complexity index is 1800. The van der Waals surface area contributed by atoms with Crippen LogP contribution < -0.4 is 10.6 Å². The Hall–Kier alpha value is -3.82. The van der Waals surface area contributed by atoms with Crippen molar-refractivity contribution in [2.24, 2.45) is 11.1 Å². The lowest BCUT2D eigenvalue weighted by Gasteiger charge is -2.42. The fourth-order valence-electron chi connectivity index (χ4n) is 6.80. The number of piperidine rings is 2. The van der Waals surface area contributed by atoms with Crippen molar-refractivity contribution in [1.82, 2.24) is 30.2 Å². The third-order valence-electron chi connectivity index (χ3n) is 9.79. The highest BCUT2D eigenvalue weighted by atomic mass is 35.5. The van der Waals surface area contributed by atoms with Gasteiger partial charge in [0.25, 0.3) is 11.8 Å². The summed E-state index contributed by atoms with van der Waals surface area (Å²) in [6, 6.07) is 10.8. The monoisotopic (exact) mass is 848 g/mol. The smallest absolute Gasteiger partial charge is 0.266 e. The van der Waals surface area contributed by atoms with E-state index in [2.05, 4.69) is 42.7 Å². The molecule has 3 aromatic rings. The molecule has 17 heteroatoms. The maximum absolute atomic E-state index is 13.1. The Morgan fingerprint density at radius 3 is 2.45 bits per heavy atom. The molecule has 2 N–H and O–H groups in total. The van der Waals surface area contributed by atoms with Crippen molar-refractivity contribution in [3.63, 3.8) is 0 Å². The largest absolute Gasteiger partial charge is 0.386 e. The minimum atomic E-state index is -0.439. The number of anilines is 1. The van der Waals surface area contributed by atoms with Crippen LogP contribution in [0.3, 0.4) is 0 Å². The summed E-state index contributed by atoms with van der Waals surface area (Å²) in [5, 5.41) is 18.5. The molecule has 2 aliphatic heterocycles. The minimum absolute atomic E-state index is 0.0204. The first-order valence-electron chi connectivity index (χ1n) is 18.7. The molecule has 0 spiro atoms. The standard InChI is InChI=1S/C23H22Cl3N5O3S.C16H29N3O2/c1-13-6-16(8-17(24)7-13)22(33)31(3)10-20(14(2)15-4-5-18(25)19(26)9-15)30-34-11-21(32)28-23-29-27-12-35-23;1-3-8-18-10-6-14(7-11-18)19-9-4-5-13(16(19)21)12-15(20)17-2/h4-9,12,14H,10-11H2,1-3H3,(H,28,29,32);13-14H,3-12H2,1-2H3,(H,17,20)/b30-20-;. The van der Waals surface area contributed by atoms with Crippen molar-refractivity contribution in [3.05, 3.63) is 73.7 Å². The average Bonchev–Trinajstić information content (AvgIpc) is 3.69. The second-order valence-electron chi connectivity index (χ2n) is 14.0. The lowest BCUT2D eigenvalue weighted by atomic mass is 9.90. The quantitative estimate of drug-likeness (QED) is 0.131. The van der Waals surface area contributed by atoms with Gasteiger partial charge in [-0.3, -0.25) is 24.5 Å². The predicted octanol–water partition coefficient (Wildman–Crippen LogP) is 6.93. The van der Waals surface area contributed by atoms with E-state index in [0.717, 1.165) is 56.4 Å². The van der Waals surface area contributed by atoms with Gasteiger partial charge in [-0.1, -0.05) is 71.2 Å². The van der Waals surface area contributed by atoms with Gasteiger partial charge in [0.05, 0.1) is 22.3 Å². The predicted molar refractivity (Wildman–Crippen MR) is 223 cm³/mol. The molecule has 56 heavy (non-hydrogen) atoms. The number of aromatic nitrogens is 2. The van der Waals surface area contributed by atoms with Crippen LogP contribution in [0.15, 0.2) is 47.1 Å². The van der Waals surface area contributed by atoms with Crippen LogP contribution in [0.2, 0.25) is 15.1 Å². The lowest BCUT2D eigenvalue weighted by Crippen LogP contribution is -2.52. The zero-order valence-electron chi connectivity index (χ0n) is 32.5. The van der Waals surface area contributed by atoms with E-state index in [1.807, 2.05) is 19.9 Å². The van der Waals surface area contributed by atoms with Crippen molar-refractivity contribution in [1.29, 1.82) is 0 Å². The van der Waals surface area contributed by atoms with E-state index in [9.17, 15) is 19.2 Å². The van der Waals surface area contributed by atoms with Gasteiger partial charge in [0.2, 0.25) is 16.9 Å². The number of benzene rings is 2. The third-order valence-corrected chi connectivity index (χ3v) is 11.4. The van der Waals surface area contributed by atoms with Crippen LogP contribution in [-0.4, -0.2) is 114 Å². The number of aryl methyl sites for hydroxylation is 1. The lowest BCUT2D eigenvalue weighted by molar-refractivity contribution is -0.144. The summed E-state index contributed by atoms with van der Waals surface area (Å²) in [7, 11) is 3.29. The molecule has 2 aliphatic rings. The molecule has 4 amide bonds. The van der Waals surface area contributed by atoms with Gasteiger partial charge in [-0.25, -0.2) is 0 Å². The van der Waals surface area contributed by atoms with Crippen molar-refractivity contribution in [2.75, 3.05) is 58.7 Å². The number of carbonyl (C=O) groups is 4. The van der Waals surface area contributed by atoms with Crippen LogP contribution in [0.25, 0.3) is 0 Å². The molecule has 1 aromatic heterocycles. The molecule has 2 atom stereocenters. The van der Waals surface area contributed by atoms with Crippen LogP contribution in [0, 0.1) is 12.8 Å². The fourth-order valence-corrected chi connectivity index (χ4v) is 7.85. The van der Waals surface area contributed by atoms with Gasteiger partial charge in [0.1, 0.15) is 5.51 Å². The van der Waals surface area contributed by atoms with Gasteiger partial charge in [0, 0.05) is 68.6 Å². The van der Waals surface area contributed by atoms with Gasteiger partial charge in [0.15, 0.2) is 6.61 Å². The summed E-state index contributed by atoms with van der Waals surface area (Å²) in [5.41, 5.74) is 4.15. The van der Waals surface area contributed by atoms with E-state index >= 15 is 0 Å². The molecule has 0 radical (unpaired) electrons. The van der Waals surface area contributed by atoms with Crippen molar-refractivity contribution < 1.29 is 24.0 Å². The van der Waals surface area contributed by atoms with Gasteiger partial charge >= 0.3 is 0 Å². The Morgan fingerprint density at radius 2 is 1.80 bits per heavy atom. The summed E-state index contributed by atoms with van der Waals surface area (Å²) in [6.45, 7) is 10.00. The number of rotatable bonds is 14. The Balaban J connectivity index is 0.000000282. The SMILES string of the molecule is CCCN1CCC(N2CCCC(CC(=O)NC)C2=O)CC1.Cc1cc(Cl)cc(C(=O)N(C)C/C(=N/OCC(=O)Nc2nncs2)C(C)c2ccc(Cl)c(Cl)c2)c1. The van der Waals surface area contributed by atoms with E-state index in [-0.39, 0.29) is 42.7 Å². The topological polar surface area (TPSA) is 149 Å². The summed E-state index contributed by atoms with van der Waals surface area (Å²) < 4.78 is 0. The van der Waals surface area contributed by atoms with E-state index in [1.165, 1.54) is 34.7 Å². The number of likely N-dealkylation sites (tertiary alicyclic amines) is 2. The van der Waals surface area contributed by atoms with Gasteiger partial charge in [-0.2, -0.15) is 0 Å². The number of halogens is 3. The first-order chi connectivity index (χ1) is 26.8. The van der Waals surface area contributed by atoms with E-state index < -0.39 is 5.91 Å². The summed E-state index contributed by atoms with van der Waals surface area (Å²) in [4.78, 5) is 60.7. The molecule has 0 saturated carbocycles. The summed E-state index contributed by atoms with van der Waals surface area (Å²) >= 11 is 19.6. The molecule has 0 bridgehead atoms. The van der Waals surface area contributed by atoms with Crippen LogP contribution in [0.4, 0.5) is 5.13 Å². The highest BCUT2D eigenvalue weighted by Gasteiger charge is 2.35. The zero-order chi connectivity index (χ0) is 40.8. The second-order valence-corrected chi connectivity index (χ2v) is 16.1. The number of carbonyl (C=O) groups excluding carboxylic acids is 4. The van der Waals surface area contributed by atoms with E-state index in [0.29, 0.717) is 43.9 Å². The van der Waals surface area contributed by atoms with Crippen molar-refractivity contribution in [3.8, 4) is 0 Å². The van der Waals surface area contributed by atoms with Gasteiger partial charge < -0.3 is 24.9 Å². The number of hydrogen-bond acceptors (Lipinski definition) is 10. The Labute approximate surface area is 348 Å². The minimum Gasteiger partial charge on any atom is -0.386 e. The number of nitrogens with one attached hydrogen (secondary N) is 2. The van der Waals surface area contributed by atoms with Crippen LogP contribution >= 0.6 is 46.1 Å². The molecule has 2 saturated heterocycles. The number of nitrogens with zero attached hydrogens (tertiary/aromatic N) is 6. The average molecular weight is 850 g/mol. The van der Waals surface area contributed by atoms with Gasteiger partial charge in [-0.05, 0) is 87.0 Å². The molecule has 13 nitrogen and oxygen atoms in total. The normalized spacial score (nSPS) is 17.1. The van der Waals surface area contributed by atoms with Crippen LogP contribution in [0.5, 0.6) is 0 Å². The molecular formula is C39H51Cl3N8O5S. The zero-order valence-corrected chi connectivity index (χ0v) is 35.6. The fraction of sp³-hybridized carbons (Fsp3) is 0.513. The van der Waals surface area contributed by atoms with Crippen LogP contribution in [0.1, 0.15) is 79.8 Å². The summed E-state index contributed by atoms with van der Waals surface area (Å²) in [6.07, 6.45) is 5.60. The highest BCUT2D eigenvalue weighted by molar-refractivity contribution is 7.13. The maximum atomic E-state index is 13.1. The highest BCUT2D eigenvalue weighted by Crippen LogP contribution is 2.29. The van der Waals surface area contributed by atoms with Gasteiger partial charge in [-0.15, -0.1) is 10.2 Å². The third kappa shape index (κ3) is 13.4. The second kappa shape index (κ2) is 22.2. The molecular weight excluding hydrogens is 799 g/mol. The Morgan fingerprint density at radius 1 is 1.05 bits per heavy atom. The first kappa shape index (κ1) is 44.9. The molecule has 2 unspecified atom stereocenters. The van der Waals surface area contributed by atoms with E-state index in [4.69, 9.17) is 39.6 Å². The molecule has 2 aromatic carbocycles.